The van der Waals surface area contributed by atoms with Gasteiger partial charge in [0.15, 0.2) is 0 Å². The number of amides is 1. The van der Waals surface area contributed by atoms with Crippen molar-refractivity contribution >= 4 is 45.0 Å². The fourth-order valence-electron chi connectivity index (χ4n) is 2.77. The lowest BCUT2D eigenvalue weighted by atomic mass is 10.2. The van der Waals surface area contributed by atoms with Gasteiger partial charge in [0.25, 0.3) is 0 Å². The van der Waals surface area contributed by atoms with Gasteiger partial charge in [0.05, 0.1) is 11.9 Å². The summed E-state index contributed by atoms with van der Waals surface area (Å²) in [6.07, 6.45) is 1.11. The summed E-state index contributed by atoms with van der Waals surface area (Å²) in [5.74, 6) is 1.13. The van der Waals surface area contributed by atoms with Crippen LogP contribution in [0.15, 0.2) is 48.5 Å². The first kappa shape index (κ1) is 22.6. The summed E-state index contributed by atoms with van der Waals surface area (Å²) in [5.41, 5.74) is 2.46. The molecule has 2 rings (SSSR count). The molecule has 1 N–H and O–H groups in total. The number of nitrogens with zero attached hydrogens (tertiary/aromatic N) is 1. The summed E-state index contributed by atoms with van der Waals surface area (Å²) >= 11 is 7.79. The second kappa shape index (κ2) is 10.2. The van der Waals surface area contributed by atoms with E-state index in [9.17, 15) is 13.2 Å². The van der Waals surface area contributed by atoms with Crippen LogP contribution in [0.2, 0.25) is 5.02 Å². The smallest absolute Gasteiger partial charge is 0.243 e. The van der Waals surface area contributed by atoms with Crippen molar-refractivity contribution < 1.29 is 13.2 Å². The number of carbonyl (C=O) groups is 1. The van der Waals surface area contributed by atoms with E-state index in [0.717, 1.165) is 32.5 Å². The maximum Gasteiger partial charge on any atom is 0.243 e. The van der Waals surface area contributed by atoms with Crippen LogP contribution in [0.5, 0.6) is 0 Å². The Bertz CT molecular complexity index is 919. The molecule has 152 valence electrons. The molecule has 2 aromatic rings. The van der Waals surface area contributed by atoms with Gasteiger partial charge in [-0.15, -0.1) is 0 Å². The number of nitrogens with one attached hydrogen (secondary N) is 1. The molecule has 0 bridgehead atoms. The molecule has 0 heterocycles. The van der Waals surface area contributed by atoms with Crippen molar-refractivity contribution in [3.8, 4) is 0 Å². The van der Waals surface area contributed by atoms with Crippen LogP contribution < -0.4 is 9.62 Å². The Morgan fingerprint density at radius 1 is 1.21 bits per heavy atom. The van der Waals surface area contributed by atoms with Crippen LogP contribution in [0, 0.1) is 6.92 Å². The number of benzene rings is 2. The number of rotatable bonds is 9. The first-order chi connectivity index (χ1) is 13.2. The summed E-state index contributed by atoms with van der Waals surface area (Å²) in [6, 6.07) is 13.9. The third-order valence-corrected chi connectivity index (χ3v) is 6.72. The van der Waals surface area contributed by atoms with Gasteiger partial charge in [-0.05, 0) is 43.2 Å². The highest BCUT2D eigenvalue weighted by molar-refractivity contribution is 7.98. The predicted octanol–water partition coefficient (Wildman–Crippen LogP) is 3.85. The zero-order chi connectivity index (χ0) is 20.7. The lowest BCUT2D eigenvalue weighted by Crippen LogP contribution is -2.48. The Balaban J connectivity index is 1.91. The van der Waals surface area contributed by atoms with Crippen molar-refractivity contribution in [1.29, 1.82) is 0 Å². The summed E-state index contributed by atoms with van der Waals surface area (Å²) in [7, 11) is -3.60. The molecule has 0 aliphatic rings. The number of sulfonamides is 1. The maximum absolute atomic E-state index is 12.5. The van der Waals surface area contributed by atoms with Crippen LogP contribution >= 0.6 is 23.4 Å². The van der Waals surface area contributed by atoms with Gasteiger partial charge in [0.2, 0.25) is 15.9 Å². The van der Waals surface area contributed by atoms with E-state index in [4.69, 9.17) is 11.6 Å². The highest BCUT2D eigenvalue weighted by Gasteiger charge is 2.28. The second-order valence-corrected chi connectivity index (χ2v) is 9.88. The topological polar surface area (TPSA) is 66.5 Å². The van der Waals surface area contributed by atoms with Crippen LogP contribution in [0.1, 0.15) is 18.1 Å². The summed E-state index contributed by atoms with van der Waals surface area (Å²) < 4.78 is 25.7. The number of anilines is 1. The van der Waals surface area contributed by atoms with Gasteiger partial charge >= 0.3 is 0 Å². The van der Waals surface area contributed by atoms with Crippen LogP contribution in [0.4, 0.5) is 5.69 Å². The summed E-state index contributed by atoms with van der Waals surface area (Å²) in [5, 5.41) is 3.55. The van der Waals surface area contributed by atoms with Crippen LogP contribution in [0.25, 0.3) is 0 Å². The lowest BCUT2D eigenvalue weighted by Gasteiger charge is -2.28. The van der Waals surface area contributed by atoms with E-state index in [1.807, 2.05) is 37.3 Å². The number of thioether (sulfide) groups is 1. The van der Waals surface area contributed by atoms with Crippen LogP contribution in [-0.2, 0) is 20.6 Å². The molecule has 0 saturated carbocycles. The van der Waals surface area contributed by atoms with Crippen molar-refractivity contribution in [2.75, 3.05) is 22.9 Å². The predicted molar refractivity (Wildman–Crippen MR) is 119 cm³/mol. The maximum atomic E-state index is 12.5. The van der Waals surface area contributed by atoms with Crippen molar-refractivity contribution in [2.45, 2.75) is 25.6 Å². The molecule has 0 radical (unpaired) electrons. The van der Waals surface area contributed by atoms with Gasteiger partial charge in [-0.3, -0.25) is 9.10 Å². The molecule has 0 saturated heterocycles. The molecule has 28 heavy (non-hydrogen) atoms. The minimum absolute atomic E-state index is 0.328. The largest absolute Gasteiger partial charge is 0.353 e. The van der Waals surface area contributed by atoms with Crippen molar-refractivity contribution in [1.82, 2.24) is 5.32 Å². The molecule has 0 spiro atoms. The minimum atomic E-state index is -3.60. The van der Waals surface area contributed by atoms with Gasteiger partial charge in [0, 0.05) is 23.1 Å². The Morgan fingerprint density at radius 3 is 2.57 bits per heavy atom. The van der Waals surface area contributed by atoms with Crippen molar-refractivity contribution in [3.63, 3.8) is 0 Å². The Kier molecular flexibility index (Phi) is 8.22. The molecule has 0 aliphatic heterocycles. The van der Waals surface area contributed by atoms with E-state index in [-0.39, 0.29) is 5.91 Å². The average Bonchev–Trinajstić information content (AvgIpc) is 2.61. The van der Waals surface area contributed by atoms with E-state index < -0.39 is 16.1 Å². The van der Waals surface area contributed by atoms with E-state index in [0.29, 0.717) is 18.0 Å². The Labute approximate surface area is 176 Å². The number of halogens is 1. The quantitative estimate of drug-likeness (QED) is 0.601. The highest BCUT2D eigenvalue weighted by Crippen LogP contribution is 2.22. The molecule has 0 aliphatic carbocycles. The third-order valence-electron chi connectivity index (χ3n) is 4.11. The summed E-state index contributed by atoms with van der Waals surface area (Å²) in [6.45, 7) is 3.92. The molecule has 0 unspecified atom stereocenters. The Hall–Kier alpha value is -1.70. The molecule has 1 atom stereocenters. The van der Waals surface area contributed by atoms with E-state index in [1.165, 1.54) is 0 Å². The first-order valence-electron chi connectivity index (χ1n) is 8.85. The van der Waals surface area contributed by atoms with Crippen LogP contribution in [-0.4, -0.2) is 38.9 Å². The van der Waals surface area contributed by atoms with Crippen LogP contribution in [0.3, 0.4) is 0 Å². The molecule has 2 aromatic carbocycles. The third kappa shape index (κ3) is 6.43. The molecule has 1 amide bonds. The van der Waals surface area contributed by atoms with Gasteiger partial charge in [-0.2, -0.15) is 11.8 Å². The average molecular weight is 441 g/mol. The molecular weight excluding hydrogens is 416 g/mol. The van der Waals surface area contributed by atoms with E-state index >= 15 is 0 Å². The zero-order valence-electron chi connectivity index (χ0n) is 16.2. The normalized spacial score (nSPS) is 12.4. The Morgan fingerprint density at radius 2 is 1.93 bits per heavy atom. The molecule has 8 heteroatoms. The number of carbonyl (C=O) groups excluding carboxylic acids is 1. The number of hydrogen-bond acceptors (Lipinski definition) is 4. The van der Waals surface area contributed by atoms with Crippen molar-refractivity contribution in [3.05, 3.63) is 64.7 Å². The van der Waals surface area contributed by atoms with Gasteiger partial charge in [0.1, 0.15) is 6.04 Å². The SMILES string of the molecule is Cc1cccc(N([C@@H](C)C(=O)NCCSCc2ccccc2Cl)S(C)(=O)=O)c1. The fraction of sp³-hybridized carbons (Fsp3) is 0.350. The van der Waals surface area contributed by atoms with Crippen molar-refractivity contribution in [2.24, 2.45) is 0 Å². The summed E-state index contributed by atoms with van der Waals surface area (Å²) in [4.78, 5) is 12.5. The molecule has 5 nitrogen and oxygen atoms in total. The van der Waals surface area contributed by atoms with Gasteiger partial charge in [-0.1, -0.05) is 41.9 Å². The lowest BCUT2D eigenvalue weighted by molar-refractivity contribution is -0.121. The van der Waals surface area contributed by atoms with Gasteiger partial charge in [-0.25, -0.2) is 8.42 Å². The second-order valence-electron chi connectivity index (χ2n) is 6.51. The van der Waals surface area contributed by atoms with E-state index in [1.54, 1.807) is 36.9 Å². The number of hydrogen-bond donors (Lipinski definition) is 1. The fourth-order valence-corrected chi connectivity index (χ4v) is 5.08. The molecular formula is C20H25ClN2O3S2. The monoisotopic (exact) mass is 440 g/mol. The standard InChI is InChI=1S/C20H25ClN2O3S2/c1-15-7-6-9-18(13-15)23(28(3,25)26)16(2)20(24)22-11-12-27-14-17-8-4-5-10-19(17)21/h4-10,13,16H,11-12,14H2,1-3H3,(H,22,24)/t16-/m0/s1. The zero-order valence-corrected chi connectivity index (χ0v) is 18.6. The molecule has 0 aromatic heterocycles. The van der Waals surface area contributed by atoms with E-state index in [2.05, 4.69) is 5.32 Å². The highest BCUT2D eigenvalue weighted by atomic mass is 35.5. The van der Waals surface area contributed by atoms with Gasteiger partial charge < -0.3 is 5.32 Å². The number of aryl methyl sites for hydroxylation is 1. The molecule has 0 fully saturated rings. The first-order valence-corrected chi connectivity index (χ1v) is 12.2. The minimum Gasteiger partial charge on any atom is -0.353 e.